The van der Waals surface area contributed by atoms with Crippen LogP contribution in [0.3, 0.4) is 0 Å². The highest BCUT2D eigenvalue weighted by atomic mass is 16.6. The van der Waals surface area contributed by atoms with Crippen LogP contribution in [0, 0.1) is 0 Å². The van der Waals surface area contributed by atoms with Gasteiger partial charge in [-0.2, -0.15) is 0 Å². The molecule has 0 aliphatic carbocycles. The predicted molar refractivity (Wildman–Crippen MR) is 103 cm³/mol. The number of carbonyl (C=O) groups excluding carboxylic acids is 2. The maximum Gasteiger partial charge on any atom is 0.323 e. The zero-order valence-electron chi connectivity index (χ0n) is 15.6. The Labute approximate surface area is 164 Å². The van der Waals surface area contributed by atoms with Crippen molar-refractivity contribution in [2.24, 2.45) is 5.73 Å². The van der Waals surface area contributed by atoms with E-state index in [2.05, 4.69) is 0 Å². The second-order valence-electron chi connectivity index (χ2n) is 5.86. The molecule has 0 amide bonds. The highest BCUT2D eigenvalue weighted by Gasteiger charge is 2.17. The van der Waals surface area contributed by atoms with Crippen LogP contribution < -0.4 is 15.2 Å². The van der Waals surface area contributed by atoms with E-state index in [-0.39, 0.29) is 39.3 Å². The third kappa shape index (κ3) is 8.55. The molecule has 0 saturated carbocycles. The number of para-hydroxylation sites is 2. The van der Waals surface area contributed by atoms with Crippen molar-refractivity contribution in [1.82, 2.24) is 0 Å². The van der Waals surface area contributed by atoms with E-state index in [9.17, 15) is 9.59 Å². The van der Waals surface area contributed by atoms with Gasteiger partial charge in [-0.25, -0.2) is 0 Å². The van der Waals surface area contributed by atoms with Crippen LogP contribution in [0.15, 0.2) is 60.7 Å². The predicted octanol–water partition coefficient (Wildman–Crippen LogP) is 2.34. The number of hydrogen-bond acceptors (Lipinski definition) is 7. The molecular weight excluding hydrogens is 362 g/mol. The number of rotatable bonds is 12. The first-order chi connectivity index (χ1) is 13.6. The maximum atomic E-state index is 11.8. The van der Waals surface area contributed by atoms with E-state index < -0.39 is 18.0 Å². The summed E-state index contributed by atoms with van der Waals surface area (Å²) >= 11 is 0. The van der Waals surface area contributed by atoms with E-state index in [0.29, 0.717) is 11.5 Å². The van der Waals surface area contributed by atoms with Crippen molar-refractivity contribution in [2.75, 3.05) is 26.4 Å². The third-order valence-corrected chi connectivity index (χ3v) is 3.66. The molecule has 2 aromatic rings. The fourth-order valence-electron chi connectivity index (χ4n) is 2.22. The molecule has 28 heavy (non-hydrogen) atoms. The van der Waals surface area contributed by atoms with Gasteiger partial charge in [0.05, 0.1) is 0 Å². The average Bonchev–Trinajstić information content (AvgIpc) is 2.74. The quantitative estimate of drug-likeness (QED) is 0.441. The maximum absolute atomic E-state index is 11.8. The summed E-state index contributed by atoms with van der Waals surface area (Å²) in [4.78, 5) is 23.5. The summed E-state index contributed by atoms with van der Waals surface area (Å²) in [5.41, 5.74) is 5.74. The van der Waals surface area contributed by atoms with Crippen LogP contribution in [0.1, 0.15) is 12.8 Å². The first-order valence-corrected chi connectivity index (χ1v) is 9.08. The lowest BCUT2D eigenvalue weighted by atomic mass is 10.2. The summed E-state index contributed by atoms with van der Waals surface area (Å²) in [6.45, 7) is 0.699. The number of ether oxygens (including phenoxy) is 4. The minimum atomic E-state index is -0.884. The largest absolute Gasteiger partial charge is 0.490 e. The molecular formula is C21H25NO6. The number of carbonyl (C=O) groups is 2. The molecule has 0 radical (unpaired) electrons. The van der Waals surface area contributed by atoms with E-state index >= 15 is 0 Å². The van der Waals surface area contributed by atoms with Crippen LogP contribution in [0.4, 0.5) is 0 Å². The summed E-state index contributed by atoms with van der Waals surface area (Å²) < 4.78 is 20.9. The Morgan fingerprint density at radius 2 is 1.25 bits per heavy atom. The van der Waals surface area contributed by atoms with E-state index in [1.54, 1.807) is 0 Å². The molecule has 0 bridgehead atoms. The van der Waals surface area contributed by atoms with Crippen LogP contribution in [-0.2, 0) is 19.1 Å². The first-order valence-electron chi connectivity index (χ1n) is 9.08. The number of hydrogen-bond donors (Lipinski definition) is 1. The summed E-state index contributed by atoms with van der Waals surface area (Å²) in [5, 5.41) is 0. The normalized spacial score (nSPS) is 11.3. The standard InChI is InChI=1S/C21H25NO6/c22-19(21(24)28-16-14-26-18-9-5-2-6-10-18)11-12-20(23)27-15-13-25-17-7-3-1-4-8-17/h1-10,19H,11-16,22H2/t19-/m0/s1. The smallest absolute Gasteiger partial charge is 0.323 e. The van der Waals surface area contributed by atoms with Gasteiger partial charge in [-0.05, 0) is 30.7 Å². The van der Waals surface area contributed by atoms with E-state index in [4.69, 9.17) is 24.7 Å². The lowest BCUT2D eigenvalue weighted by molar-refractivity contribution is -0.147. The van der Waals surface area contributed by atoms with Gasteiger partial charge in [0.25, 0.3) is 0 Å². The summed E-state index contributed by atoms with van der Waals surface area (Å²) in [5.74, 6) is 0.394. The molecule has 0 saturated heterocycles. The third-order valence-electron chi connectivity index (χ3n) is 3.66. The Morgan fingerprint density at radius 1 is 0.750 bits per heavy atom. The van der Waals surface area contributed by atoms with Gasteiger partial charge < -0.3 is 24.7 Å². The fraction of sp³-hybridized carbons (Fsp3) is 0.333. The molecule has 2 N–H and O–H groups in total. The fourth-order valence-corrected chi connectivity index (χ4v) is 2.22. The molecule has 0 aliphatic rings. The lowest BCUT2D eigenvalue weighted by Crippen LogP contribution is -2.33. The van der Waals surface area contributed by atoms with Crippen LogP contribution in [0.2, 0.25) is 0 Å². The first kappa shape index (κ1) is 21.2. The topological polar surface area (TPSA) is 97.1 Å². The van der Waals surface area contributed by atoms with Gasteiger partial charge in [0.2, 0.25) is 0 Å². The molecule has 0 aliphatic heterocycles. The highest BCUT2D eigenvalue weighted by Crippen LogP contribution is 2.09. The second kappa shape index (κ2) is 12.3. The average molecular weight is 387 g/mol. The van der Waals surface area contributed by atoms with E-state index in [1.165, 1.54) is 0 Å². The van der Waals surface area contributed by atoms with Gasteiger partial charge in [-0.1, -0.05) is 36.4 Å². The van der Waals surface area contributed by atoms with Gasteiger partial charge in [-0.15, -0.1) is 0 Å². The Hall–Kier alpha value is -3.06. The van der Waals surface area contributed by atoms with Crippen LogP contribution in [0.5, 0.6) is 11.5 Å². The number of benzene rings is 2. The molecule has 0 aromatic heterocycles. The molecule has 2 rings (SSSR count). The number of nitrogens with two attached hydrogens (primary N) is 1. The molecule has 7 heteroatoms. The molecule has 150 valence electrons. The van der Waals surface area contributed by atoms with E-state index in [0.717, 1.165) is 0 Å². The second-order valence-corrected chi connectivity index (χ2v) is 5.86. The molecule has 0 spiro atoms. The van der Waals surface area contributed by atoms with E-state index in [1.807, 2.05) is 60.7 Å². The van der Waals surface area contributed by atoms with Crippen molar-refractivity contribution in [3.63, 3.8) is 0 Å². The highest BCUT2D eigenvalue weighted by molar-refractivity contribution is 5.77. The van der Waals surface area contributed by atoms with Crippen molar-refractivity contribution in [3.8, 4) is 11.5 Å². The van der Waals surface area contributed by atoms with Gasteiger partial charge in [-0.3, -0.25) is 9.59 Å². The zero-order chi connectivity index (χ0) is 20.0. The Morgan fingerprint density at radius 3 is 1.79 bits per heavy atom. The lowest BCUT2D eigenvalue weighted by Gasteiger charge is -2.12. The van der Waals surface area contributed by atoms with Crippen molar-refractivity contribution >= 4 is 11.9 Å². The van der Waals surface area contributed by atoms with Crippen molar-refractivity contribution < 1.29 is 28.5 Å². The summed E-state index contributed by atoms with van der Waals surface area (Å²) in [7, 11) is 0. The van der Waals surface area contributed by atoms with Crippen LogP contribution >= 0.6 is 0 Å². The molecule has 2 aromatic carbocycles. The number of esters is 2. The molecule has 0 unspecified atom stereocenters. The Kier molecular flexibility index (Phi) is 9.37. The Balaban J connectivity index is 1.50. The van der Waals surface area contributed by atoms with Gasteiger partial charge in [0.1, 0.15) is 44.0 Å². The van der Waals surface area contributed by atoms with Crippen LogP contribution in [-0.4, -0.2) is 44.4 Å². The van der Waals surface area contributed by atoms with Crippen molar-refractivity contribution in [2.45, 2.75) is 18.9 Å². The summed E-state index contributed by atoms with van der Waals surface area (Å²) in [6, 6.07) is 17.6. The van der Waals surface area contributed by atoms with Gasteiger partial charge in [0, 0.05) is 6.42 Å². The zero-order valence-corrected chi connectivity index (χ0v) is 15.6. The van der Waals surface area contributed by atoms with Crippen molar-refractivity contribution in [3.05, 3.63) is 60.7 Å². The molecule has 7 nitrogen and oxygen atoms in total. The monoisotopic (exact) mass is 387 g/mol. The molecule has 0 fully saturated rings. The summed E-state index contributed by atoms with van der Waals surface area (Å²) in [6.07, 6.45) is 0.179. The SMILES string of the molecule is N[C@@H](CCC(=O)OCCOc1ccccc1)C(=O)OCCOc1ccccc1. The minimum Gasteiger partial charge on any atom is -0.490 e. The molecule has 0 heterocycles. The van der Waals surface area contributed by atoms with Gasteiger partial charge in [0.15, 0.2) is 0 Å². The minimum absolute atomic E-state index is 0.0299. The molecule has 1 atom stereocenters. The Bertz CT molecular complexity index is 707. The van der Waals surface area contributed by atoms with Crippen LogP contribution in [0.25, 0.3) is 0 Å². The van der Waals surface area contributed by atoms with Gasteiger partial charge >= 0.3 is 11.9 Å². The van der Waals surface area contributed by atoms with Crippen molar-refractivity contribution in [1.29, 1.82) is 0 Å².